The van der Waals surface area contributed by atoms with Gasteiger partial charge in [-0.15, -0.1) is 0 Å². The van der Waals surface area contributed by atoms with Gasteiger partial charge in [0.05, 0.1) is 0 Å². The summed E-state index contributed by atoms with van der Waals surface area (Å²) in [5, 5.41) is 0. The molecule has 0 radical (unpaired) electrons. The van der Waals surface area contributed by atoms with Gasteiger partial charge < -0.3 is 14.2 Å². The number of hydrogen-bond donors (Lipinski definition) is 0. The molecule has 0 spiro atoms. The number of carbonyl (C=O) groups is 3. The van der Waals surface area contributed by atoms with Gasteiger partial charge in [-0.3, -0.25) is 14.4 Å². The number of allylic oxidation sites excluding steroid dienone is 6. The maximum Gasteiger partial charge on any atom is 0.306 e. The van der Waals surface area contributed by atoms with Crippen LogP contribution in [0.2, 0.25) is 0 Å². The van der Waals surface area contributed by atoms with Crippen molar-refractivity contribution in [3.8, 4) is 0 Å². The first-order valence-corrected chi connectivity index (χ1v) is 30.5. The van der Waals surface area contributed by atoms with Crippen LogP contribution in [0.15, 0.2) is 36.5 Å². The van der Waals surface area contributed by atoms with Crippen LogP contribution in [0.5, 0.6) is 0 Å². The Hall–Kier alpha value is -2.37. The first-order chi connectivity index (χ1) is 34.0. The number of unbranched alkanes of at least 4 members (excludes halogenated alkanes) is 39. The number of hydrogen-bond acceptors (Lipinski definition) is 6. The second-order valence-electron chi connectivity index (χ2n) is 20.6. The van der Waals surface area contributed by atoms with Gasteiger partial charge in [-0.1, -0.05) is 256 Å². The molecule has 1 atom stereocenters. The predicted molar refractivity (Wildman–Crippen MR) is 298 cm³/mol. The first kappa shape index (κ1) is 66.6. The van der Waals surface area contributed by atoms with E-state index in [4.69, 9.17) is 14.2 Å². The van der Waals surface area contributed by atoms with Crippen LogP contribution < -0.4 is 0 Å². The Morgan fingerprint density at radius 2 is 0.507 bits per heavy atom. The Labute approximate surface area is 429 Å². The van der Waals surface area contributed by atoms with Crippen LogP contribution in [0.25, 0.3) is 0 Å². The molecule has 404 valence electrons. The van der Waals surface area contributed by atoms with E-state index in [9.17, 15) is 14.4 Å². The molecule has 6 nitrogen and oxygen atoms in total. The van der Waals surface area contributed by atoms with Gasteiger partial charge in [0.1, 0.15) is 13.2 Å². The Bertz CT molecular complexity index is 1160. The molecule has 69 heavy (non-hydrogen) atoms. The van der Waals surface area contributed by atoms with Gasteiger partial charge in [0.2, 0.25) is 0 Å². The molecule has 6 heteroatoms. The van der Waals surface area contributed by atoms with Crippen LogP contribution in [0.4, 0.5) is 0 Å². The molecule has 0 aromatic heterocycles. The van der Waals surface area contributed by atoms with Crippen molar-refractivity contribution in [3.05, 3.63) is 36.5 Å². The minimum atomic E-state index is -0.777. The molecule has 0 saturated heterocycles. The molecule has 0 aliphatic heterocycles. The third kappa shape index (κ3) is 56.4. The van der Waals surface area contributed by atoms with Gasteiger partial charge in [0.25, 0.3) is 0 Å². The van der Waals surface area contributed by atoms with E-state index in [0.29, 0.717) is 19.3 Å². The zero-order chi connectivity index (χ0) is 50.0. The molecule has 0 aromatic rings. The predicted octanol–water partition coefficient (Wildman–Crippen LogP) is 20.4. The topological polar surface area (TPSA) is 78.9 Å². The van der Waals surface area contributed by atoms with E-state index in [2.05, 4.69) is 57.2 Å². The van der Waals surface area contributed by atoms with Gasteiger partial charge in [0.15, 0.2) is 6.10 Å². The maximum absolute atomic E-state index is 12.8. The molecule has 1 unspecified atom stereocenters. The number of ether oxygens (including phenoxy) is 3. The highest BCUT2D eigenvalue weighted by Gasteiger charge is 2.19. The molecule has 0 aliphatic rings. The van der Waals surface area contributed by atoms with Gasteiger partial charge in [0, 0.05) is 19.3 Å². The molecule has 0 rings (SSSR count). The van der Waals surface area contributed by atoms with Crippen LogP contribution in [-0.2, 0) is 28.6 Å². The van der Waals surface area contributed by atoms with E-state index in [1.54, 1.807) is 0 Å². The van der Waals surface area contributed by atoms with E-state index in [1.165, 1.54) is 212 Å². The summed E-state index contributed by atoms with van der Waals surface area (Å²) < 4.78 is 16.8. The lowest BCUT2D eigenvalue weighted by Crippen LogP contribution is -2.30. The molecular weight excluding hydrogens is 853 g/mol. The summed E-state index contributed by atoms with van der Waals surface area (Å²) in [5.41, 5.74) is 0. The second-order valence-corrected chi connectivity index (χ2v) is 20.6. The van der Waals surface area contributed by atoms with Crippen molar-refractivity contribution >= 4 is 17.9 Å². The maximum atomic E-state index is 12.8. The highest BCUT2D eigenvalue weighted by Crippen LogP contribution is 2.17. The molecule has 0 fully saturated rings. The minimum absolute atomic E-state index is 0.0756. The summed E-state index contributed by atoms with van der Waals surface area (Å²) in [6.45, 7) is 6.60. The van der Waals surface area contributed by atoms with E-state index < -0.39 is 6.10 Å². The van der Waals surface area contributed by atoms with E-state index in [-0.39, 0.29) is 31.1 Å². The van der Waals surface area contributed by atoms with E-state index >= 15 is 0 Å². The van der Waals surface area contributed by atoms with Crippen LogP contribution in [-0.4, -0.2) is 37.2 Å². The van der Waals surface area contributed by atoms with Crippen LogP contribution in [0, 0.1) is 0 Å². The molecule has 0 N–H and O–H groups in total. The van der Waals surface area contributed by atoms with Gasteiger partial charge in [-0.25, -0.2) is 0 Å². The van der Waals surface area contributed by atoms with Crippen molar-refractivity contribution in [2.24, 2.45) is 0 Å². The lowest BCUT2D eigenvalue weighted by molar-refractivity contribution is -0.167. The van der Waals surface area contributed by atoms with Crippen molar-refractivity contribution in [1.82, 2.24) is 0 Å². The monoisotopic (exact) mass is 969 g/mol. The van der Waals surface area contributed by atoms with Crippen molar-refractivity contribution in [3.63, 3.8) is 0 Å². The van der Waals surface area contributed by atoms with Crippen LogP contribution in [0.1, 0.15) is 329 Å². The van der Waals surface area contributed by atoms with Crippen molar-refractivity contribution < 1.29 is 28.6 Å². The zero-order valence-electron chi connectivity index (χ0n) is 46.3. The first-order valence-electron chi connectivity index (χ1n) is 30.5. The number of rotatable bonds is 56. The Morgan fingerprint density at radius 3 is 0.783 bits per heavy atom. The molecular formula is C63H116O6. The number of carbonyl (C=O) groups excluding carboxylic acids is 3. The highest BCUT2D eigenvalue weighted by molar-refractivity contribution is 5.71. The smallest absolute Gasteiger partial charge is 0.306 e. The van der Waals surface area contributed by atoms with Crippen molar-refractivity contribution in [2.45, 2.75) is 335 Å². The molecule has 0 saturated carbocycles. The third-order valence-electron chi connectivity index (χ3n) is 13.6. The average molecular weight is 970 g/mol. The highest BCUT2D eigenvalue weighted by atomic mass is 16.6. The third-order valence-corrected chi connectivity index (χ3v) is 13.6. The average Bonchev–Trinajstić information content (AvgIpc) is 3.35. The Morgan fingerprint density at radius 1 is 0.275 bits per heavy atom. The lowest BCUT2D eigenvalue weighted by Gasteiger charge is -2.18. The van der Waals surface area contributed by atoms with E-state index in [0.717, 1.165) is 77.0 Å². The van der Waals surface area contributed by atoms with Gasteiger partial charge in [-0.2, -0.15) is 0 Å². The molecule has 0 amide bonds. The fourth-order valence-corrected chi connectivity index (χ4v) is 8.97. The summed E-state index contributed by atoms with van der Waals surface area (Å²) in [6, 6.07) is 0. The molecule has 0 aromatic carbocycles. The molecule has 0 bridgehead atoms. The Kier molecular flexibility index (Phi) is 56.2. The largest absolute Gasteiger partial charge is 0.462 e. The number of esters is 3. The lowest BCUT2D eigenvalue weighted by atomic mass is 10.0. The molecule has 0 aliphatic carbocycles. The normalized spacial score (nSPS) is 12.2. The standard InChI is InChI=1S/C63H116O6/c1-4-7-10-13-16-19-22-24-26-28-29-30-31-32-33-34-35-36-38-39-41-44-47-50-53-56-62(65)68-59-60(58-67-61(64)55-52-49-46-43-21-18-15-12-9-6-3)69-63(66)57-54-51-48-45-42-40-37-27-25-23-20-17-14-11-8-5-2/h12,15,27-29,37,60H,4-11,13-14,16-26,30-36,38-59H2,1-3H3/b15-12-,29-28-,37-27-. The molecule has 0 heterocycles. The minimum Gasteiger partial charge on any atom is -0.462 e. The summed E-state index contributed by atoms with van der Waals surface area (Å²) in [5.74, 6) is -0.879. The van der Waals surface area contributed by atoms with Crippen molar-refractivity contribution in [2.75, 3.05) is 13.2 Å². The Balaban J connectivity index is 4.19. The second kappa shape index (κ2) is 58.2. The summed E-state index contributed by atoms with van der Waals surface area (Å²) in [4.78, 5) is 38.1. The van der Waals surface area contributed by atoms with Crippen LogP contribution in [0.3, 0.4) is 0 Å². The summed E-state index contributed by atoms with van der Waals surface area (Å²) in [6.07, 6.45) is 70.2. The van der Waals surface area contributed by atoms with E-state index in [1.807, 2.05) is 0 Å². The zero-order valence-corrected chi connectivity index (χ0v) is 46.3. The summed E-state index contributed by atoms with van der Waals surface area (Å²) >= 11 is 0. The SMILES string of the molecule is CCC/C=C\CCCCCCCC(=O)OCC(COC(=O)CCCCCCCCCCCCCCC/C=C\CCCCCCCCCC)OC(=O)CCCCCCC/C=C\CCCCCCCCC. The fourth-order valence-electron chi connectivity index (χ4n) is 8.97. The van der Waals surface area contributed by atoms with Gasteiger partial charge in [-0.05, 0) is 89.9 Å². The fraction of sp³-hybridized carbons (Fsp3) is 0.857. The summed E-state index contributed by atoms with van der Waals surface area (Å²) in [7, 11) is 0. The van der Waals surface area contributed by atoms with Crippen molar-refractivity contribution in [1.29, 1.82) is 0 Å². The van der Waals surface area contributed by atoms with Crippen LogP contribution >= 0.6 is 0 Å². The quantitative estimate of drug-likeness (QED) is 0.0261. The van der Waals surface area contributed by atoms with Gasteiger partial charge >= 0.3 is 17.9 Å².